The fraction of sp³-hybridized carbons (Fsp3) is 0.143. The number of fused-ring (bicyclic) bond motifs is 1. The number of rotatable bonds is 3. The van der Waals surface area contributed by atoms with Crippen LogP contribution in [-0.4, -0.2) is 21.9 Å². The quantitative estimate of drug-likeness (QED) is 0.696. The molecule has 2 rings (SSSR count). The Kier molecular flexibility index (Phi) is 4.47. The summed E-state index contributed by atoms with van der Waals surface area (Å²) >= 11 is 1.34. The minimum absolute atomic E-state index is 0.136. The average molecular weight is 286 g/mol. The second-order valence-electron chi connectivity index (χ2n) is 4.02. The van der Waals surface area contributed by atoms with E-state index in [0.29, 0.717) is 22.1 Å². The normalized spacial score (nSPS) is 11.6. The van der Waals surface area contributed by atoms with E-state index in [4.69, 9.17) is 0 Å². The van der Waals surface area contributed by atoms with E-state index in [-0.39, 0.29) is 5.56 Å². The third-order valence-corrected chi connectivity index (χ3v) is 3.57. The van der Waals surface area contributed by atoms with Gasteiger partial charge in [0, 0.05) is 6.20 Å². The number of amidine groups is 1. The first-order valence-electron chi connectivity index (χ1n) is 5.92. The Bertz CT molecular complexity index is 748. The van der Waals surface area contributed by atoms with E-state index >= 15 is 0 Å². The van der Waals surface area contributed by atoms with Gasteiger partial charge in [0.2, 0.25) is 0 Å². The molecule has 0 bridgehead atoms. The number of hydrogen-bond acceptors (Lipinski definition) is 4. The summed E-state index contributed by atoms with van der Waals surface area (Å²) in [5.41, 5.74) is 1.56. The molecule has 0 saturated heterocycles. The summed E-state index contributed by atoms with van der Waals surface area (Å²) in [5, 5.41) is 1.09. The number of aromatic nitrogens is 2. The summed E-state index contributed by atoms with van der Waals surface area (Å²) in [6.45, 7) is 8.87. The third-order valence-electron chi connectivity index (χ3n) is 2.66. The van der Waals surface area contributed by atoms with E-state index < -0.39 is 0 Å². The van der Waals surface area contributed by atoms with Crippen LogP contribution in [0.4, 0.5) is 0 Å². The number of aliphatic imine (C=N–C) groups is 2. The second-order valence-corrected chi connectivity index (χ2v) is 4.97. The Labute approximate surface area is 120 Å². The number of thioether (sulfide) groups is 1. The van der Waals surface area contributed by atoms with Gasteiger partial charge in [0.25, 0.3) is 5.56 Å². The number of aromatic amines is 1. The van der Waals surface area contributed by atoms with Gasteiger partial charge in [0.05, 0.1) is 16.7 Å². The Morgan fingerprint density at radius 3 is 3.05 bits per heavy atom. The fourth-order valence-electron chi connectivity index (χ4n) is 1.75. The number of nitrogens with one attached hydrogen (secondary N) is 1. The van der Waals surface area contributed by atoms with Gasteiger partial charge in [0.15, 0.2) is 5.17 Å². The van der Waals surface area contributed by atoms with Gasteiger partial charge in [-0.2, -0.15) is 0 Å². The van der Waals surface area contributed by atoms with Crippen LogP contribution in [0.3, 0.4) is 0 Å². The molecule has 0 aliphatic carbocycles. The number of hydrogen-bond donors (Lipinski definition) is 1. The molecule has 5 nitrogen and oxygen atoms in total. The molecular weight excluding hydrogens is 272 g/mol. The lowest BCUT2D eigenvalue weighted by atomic mass is 10.1. The molecule has 0 fully saturated rings. The van der Waals surface area contributed by atoms with Crippen molar-refractivity contribution in [3.05, 3.63) is 52.7 Å². The highest BCUT2D eigenvalue weighted by Gasteiger charge is 2.07. The second kappa shape index (κ2) is 6.29. The van der Waals surface area contributed by atoms with Gasteiger partial charge in [-0.1, -0.05) is 30.5 Å². The van der Waals surface area contributed by atoms with Crippen LogP contribution in [0.5, 0.6) is 0 Å². The van der Waals surface area contributed by atoms with E-state index in [1.807, 2.05) is 19.1 Å². The van der Waals surface area contributed by atoms with Crippen molar-refractivity contribution in [3.8, 4) is 0 Å². The lowest BCUT2D eigenvalue weighted by molar-refractivity contribution is 1.04. The van der Waals surface area contributed by atoms with Crippen LogP contribution in [0, 0.1) is 6.92 Å². The third kappa shape index (κ3) is 3.03. The van der Waals surface area contributed by atoms with Crippen LogP contribution < -0.4 is 5.56 Å². The predicted octanol–water partition coefficient (Wildman–Crippen LogP) is 2.66. The Morgan fingerprint density at radius 2 is 2.35 bits per heavy atom. The molecule has 1 aromatic heterocycles. The Balaban J connectivity index is 2.34. The van der Waals surface area contributed by atoms with Crippen molar-refractivity contribution < 1.29 is 0 Å². The van der Waals surface area contributed by atoms with E-state index in [1.165, 1.54) is 18.0 Å². The van der Waals surface area contributed by atoms with E-state index in [9.17, 15) is 4.79 Å². The van der Waals surface area contributed by atoms with Gasteiger partial charge >= 0.3 is 0 Å². The molecule has 0 saturated carbocycles. The molecule has 1 aromatic carbocycles. The number of aryl methyl sites for hydroxylation is 1. The molecule has 0 unspecified atom stereocenters. The zero-order chi connectivity index (χ0) is 14.5. The summed E-state index contributed by atoms with van der Waals surface area (Å²) in [6.07, 6.45) is 1.40. The standard InChI is InChI=1S/C14H14N4OS/c1-4-16-14(15-3)20-8-11-17-12-9(2)6-5-7-10(12)13(19)18-11/h4-7H,1,3,8H2,2H3,(H,17,18,19). The number of benzene rings is 1. The predicted molar refractivity (Wildman–Crippen MR) is 85.6 cm³/mol. The molecule has 0 radical (unpaired) electrons. The molecule has 0 aliphatic heterocycles. The maximum absolute atomic E-state index is 12.0. The molecule has 0 atom stereocenters. The number of H-pyrrole nitrogens is 1. The highest BCUT2D eigenvalue weighted by atomic mass is 32.2. The smallest absolute Gasteiger partial charge is 0.258 e. The molecule has 2 aromatic rings. The average Bonchev–Trinajstić information content (AvgIpc) is 2.44. The first-order chi connectivity index (χ1) is 9.65. The minimum atomic E-state index is -0.136. The van der Waals surface area contributed by atoms with Gasteiger partial charge in [-0.25, -0.2) is 15.0 Å². The van der Waals surface area contributed by atoms with Gasteiger partial charge in [0.1, 0.15) is 5.82 Å². The molecule has 102 valence electrons. The fourth-order valence-corrected chi connectivity index (χ4v) is 2.40. The van der Waals surface area contributed by atoms with Crippen LogP contribution in [0.2, 0.25) is 0 Å². The van der Waals surface area contributed by atoms with Gasteiger partial charge < -0.3 is 4.98 Å². The van der Waals surface area contributed by atoms with Crippen LogP contribution in [0.15, 0.2) is 45.8 Å². The topological polar surface area (TPSA) is 70.5 Å². The summed E-state index contributed by atoms with van der Waals surface area (Å²) in [5.74, 6) is 1.05. The maximum Gasteiger partial charge on any atom is 0.258 e. The molecule has 20 heavy (non-hydrogen) atoms. The highest BCUT2D eigenvalue weighted by molar-refractivity contribution is 8.13. The Morgan fingerprint density at radius 1 is 1.55 bits per heavy atom. The number of nitrogens with zero attached hydrogens (tertiary/aromatic N) is 3. The van der Waals surface area contributed by atoms with E-state index in [0.717, 1.165) is 11.1 Å². The highest BCUT2D eigenvalue weighted by Crippen LogP contribution is 2.15. The van der Waals surface area contributed by atoms with Gasteiger partial charge in [-0.3, -0.25) is 4.79 Å². The van der Waals surface area contributed by atoms with Crippen molar-refractivity contribution in [2.75, 3.05) is 0 Å². The van der Waals surface area contributed by atoms with Crippen LogP contribution in [0.1, 0.15) is 11.4 Å². The monoisotopic (exact) mass is 286 g/mol. The summed E-state index contributed by atoms with van der Waals surface area (Å²) in [4.78, 5) is 27.0. The zero-order valence-corrected chi connectivity index (χ0v) is 11.9. The van der Waals surface area contributed by atoms with Crippen LogP contribution in [-0.2, 0) is 5.75 Å². The van der Waals surface area contributed by atoms with Crippen LogP contribution in [0.25, 0.3) is 10.9 Å². The molecule has 1 N–H and O–H groups in total. The molecule has 0 amide bonds. The lowest BCUT2D eigenvalue weighted by Gasteiger charge is -2.04. The molecule has 0 spiro atoms. The molecular formula is C14H14N4OS. The first kappa shape index (κ1) is 14.2. The maximum atomic E-state index is 12.0. The van der Waals surface area contributed by atoms with Crippen molar-refractivity contribution >= 4 is 34.5 Å². The zero-order valence-electron chi connectivity index (χ0n) is 11.1. The number of para-hydroxylation sites is 1. The summed E-state index contributed by atoms with van der Waals surface area (Å²) < 4.78 is 0. The van der Waals surface area contributed by atoms with Crippen molar-refractivity contribution in [2.45, 2.75) is 12.7 Å². The molecule has 6 heteroatoms. The van der Waals surface area contributed by atoms with E-state index in [2.05, 4.69) is 33.2 Å². The summed E-state index contributed by atoms with van der Waals surface area (Å²) in [6, 6.07) is 5.54. The van der Waals surface area contributed by atoms with Crippen molar-refractivity contribution in [2.24, 2.45) is 9.98 Å². The minimum Gasteiger partial charge on any atom is -0.309 e. The van der Waals surface area contributed by atoms with Crippen LogP contribution >= 0.6 is 11.8 Å². The van der Waals surface area contributed by atoms with Gasteiger partial charge in [-0.15, -0.1) is 0 Å². The van der Waals surface area contributed by atoms with Crippen molar-refractivity contribution in [3.63, 3.8) is 0 Å². The van der Waals surface area contributed by atoms with Crippen molar-refractivity contribution in [1.82, 2.24) is 9.97 Å². The molecule has 1 heterocycles. The largest absolute Gasteiger partial charge is 0.309 e. The Hall–Kier alpha value is -2.21. The van der Waals surface area contributed by atoms with Crippen molar-refractivity contribution in [1.29, 1.82) is 0 Å². The first-order valence-corrected chi connectivity index (χ1v) is 6.91. The molecule has 0 aliphatic rings. The SMILES string of the molecule is C=CN=C(N=C)SCc1nc2c(C)cccc2c(=O)[nH]1. The lowest BCUT2D eigenvalue weighted by Crippen LogP contribution is -2.12. The van der Waals surface area contributed by atoms with E-state index in [1.54, 1.807) is 6.07 Å². The summed E-state index contributed by atoms with van der Waals surface area (Å²) in [7, 11) is 0. The van der Waals surface area contributed by atoms with Gasteiger partial charge in [-0.05, 0) is 25.3 Å².